The van der Waals surface area contributed by atoms with E-state index in [1.54, 1.807) is 24.3 Å². The van der Waals surface area contributed by atoms with E-state index < -0.39 is 16.4 Å². The van der Waals surface area contributed by atoms with Crippen LogP contribution in [-0.2, 0) is 10.2 Å². The van der Waals surface area contributed by atoms with Crippen LogP contribution in [0.1, 0.15) is 12.5 Å². The van der Waals surface area contributed by atoms with Gasteiger partial charge in [-0.3, -0.25) is 15.1 Å². The standard InChI is InChI=1S/C11H10N2O3/c1-8(13(15)16)11(7-14)6-12-10-5-3-2-4-9(10)11/h2-8H,1H3. The SMILES string of the molecule is CC([N+](=O)[O-])C1(C=O)C=Nc2ccccc21. The third-order valence-electron chi connectivity index (χ3n) is 2.99. The number of para-hydroxylation sites is 1. The number of aldehydes is 1. The highest BCUT2D eigenvalue weighted by Crippen LogP contribution is 2.38. The minimum Gasteiger partial charge on any atom is -0.302 e. The van der Waals surface area contributed by atoms with Crippen molar-refractivity contribution in [3.63, 3.8) is 0 Å². The van der Waals surface area contributed by atoms with Crippen molar-refractivity contribution in [2.24, 2.45) is 4.99 Å². The van der Waals surface area contributed by atoms with E-state index in [4.69, 9.17) is 0 Å². The van der Waals surface area contributed by atoms with Crippen molar-refractivity contribution >= 4 is 18.2 Å². The van der Waals surface area contributed by atoms with Gasteiger partial charge in [0.25, 0.3) is 0 Å². The molecule has 0 saturated heterocycles. The molecule has 0 N–H and O–H groups in total. The number of fused-ring (bicyclic) bond motifs is 1. The molecule has 1 aromatic carbocycles. The molecule has 0 fully saturated rings. The maximum atomic E-state index is 11.2. The van der Waals surface area contributed by atoms with Gasteiger partial charge in [-0.25, -0.2) is 0 Å². The third kappa shape index (κ3) is 1.25. The van der Waals surface area contributed by atoms with Crippen molar-refractivity contribution in [1.82, 2.24) is 0 Å². The molecule has 82 valence electrons. The summed E-state index contributed by atoms with van der Waals surface area (Å²) in [6.45, 7) is 1.42. The largest absolute Gasteiger partial charge is 0.302 e. The molecular weight excluding hydrogens is 208 g/mol. The molecule has 5 heteroatoms. The number of nitro groups is 1. The first-order valence-corrected chi connectivity index (χ1v) is 4.86. The molecule has 1 heterocycles. The van der Waals surface area contributed by atoms with Gasteiger partial charge in [-0.2, -0.15) is 0 Å². The Bertz CT molecular complexity index is 484. The highest BCUT2D eigenvalue weighted by molar-refractivity contribution is 6.01. The average molecular weight is 218 g/mol. The van der Waals surface area contributed by atoms with Gasteiger partial charge in [0, 0.05) is 23.6 Å². The zero-order valence-electron chi connectivity index (χ0n) is 8.66. The number of rotatable bonds is 3. The number of carbonyl (C=O) groups is 1. The van der Waals surface area contributed by atoms with Gasteiger partial charge in [-0.15, -0.1) is 0 Å². The highest BCUT2D eigenvalue weighted by atomic mass is 16.6. The molecule has 0 radical (unpaired) electrons. The summed E-state index contributed by atoms with van der Waals surface area (Å²) in [6.07, 6.45) is 1.98. The van der Waals surface area contributed by atoms with E-state index in [9.17, 15) is 14.9 Å². The Morgan fingerprint density at radius 1 is 1.50 bits per heavy atom. The lowest BCUT2D eigenvalue weighted by atomic mass is 9.78. The molecule has 5 nitrogen and oxygen atoms in total. The lowest BCUT2D eigenvalue weighted by Crippen LogP contribution is -2.44. The topological polar surface area (TPSA) is 72.6 Å². The molecule has 0 spiro atoms. The normalized spacial score (nSPS) is 23.8. The zero-order chi connectivity index (χ0) is 11.8. The molecule has 0 bridgehead atoms. The Balaban J connectivity index is 2.58. The van der Waals surface area contributed by atoms with Crippen LogP contribution >= 0.6 is 0 Å². The molecule has 1 aliphatic rings. The van der Waals surface area contributed by atoms with Gasteiger partial charge in [0.05, 0.1) is 5.69 Å². The van der Waals surface area contributed by atoms with Crippen LogP contribution in [0.4, 0.5) is 5.69 Å². The number of aliphatic imine (C=N–C) groups is 1. The van der Waals surface area contributed by atoms with Gasteiger partial charge in [0.1, 0.15) is 6.29 Å². The molecule has 2 unspecified atom stereocenters. The molecule has 2 rings (SSSR count). The highest BCUT2D eigenvalue weighted by Gasteiger charge is 2.48. The van der Waals surface area contributed by atoms with Crippen LogP contribution < -0.4 is 0 Å². The Labute approximate surface area is 92.0 Å². The van der Waals surface area contributed by atoms with Crippen molar-refractivity contribution in [2.75, 3.05) is 0 Å². The monoisotopic (exact) mass is 218 g/mol. The van der Waals surface area contributed by atoms with Crippen LogP contribution in [0, 0.1) is 10.1 Å². The maximum Gasteiger partial charge on any atom is 0.231 e. The summed E-state index contributed by atoms with van der Waals surface area (Å²) >= 11 is 0. The van der Waals surface area contributed by atoms with E-state index in [1.165, 1.54) is 13.1 Å². The van der Waals surface area contributed by atoms with E-state index in [1.807, 2.05) is 0 Å². The molecule has 0 amide bonds. The first-order chi connectivity index (χ1) is 7.62. The fourth-order valence-corrected chi connectivity index (χ4v) is 1.90. The second kappa shape index (κ2) is 3.52. The smallest absolute Gasteiger partial charge is 0.231 e. The van der Waals surface area contributed by atoms with Crippen molar-refractivity contribution in [3.05, 3.63) is 39.9 Å². The fourth-order valence-electron chi connectivity index (χ4n) is 1.90. The van der Waals surface area contributed by atoms with Crippen molar-refractivity contribution in [3.8, 4) is 0 Å². The van der Waals surface area contributed by atoms with Gasteiger partial charge >= 0.3 is 0 Å². The Morgan fingerprint density at radius 2 is 2.19 bits per heavy atom. The summed E-state index contributed by atoms with van der Waals surface area (Å²) in [5.74, 6) is 0. The van der Waals surface area contributed by atoms with Gasteiger partial charge in [-0.1, -0.05) is 18.2 Å². The minimum atomic E-state index is -1.22. The Kier molecular flexibility index (Phi) is 2.30. The van der Waals surface area contributed by atoms with E-state index in [-0.39, 0.29) is 0 Å². The first-order valence-electron chi connectivity index (χ1n) is 4.86. The number of carbonyl (C=O) groups excluding carboxylic acids is 1. The predicted molar refractivity (Wildman–Crippen MR) is 58.8 cm³/mol. The van der Waals surface area contributed by atoms with Gasteiger partial charge < -0.3 is 4.79 Å². The van der Waals surface area contributed by atoms with Crippen molar-refractivity contribution < 1.29 is 9.72 Å². The predicted octanol–water partition coefficient (Wildman–Crippen LogP) is 1.50. The summed E-state index contributed by atoms with van der Waals surface area (Å²) in [6, 6.07) is 5.96. The number of nitrogens with zero attached hydrogens (tertiary/aromatic N) is 2. The summed E-state index contributed by atoms with van der Waals surface area (Å²) in [5, 5.41) is 10.8. The van der Waals surface area contributed by atoms with Crippen LogP contribution in [0.5, 0.6) is 0 Å². The van der Waals surface area contributed by atoms with Crippen LogP contribution in [-0.4, -0.2) is 23.5 Å². The van der Waals surface area contributed by atoms with E-state index in [0.29, 0.717) is 17.5 Å². The average Bonchev–Trinajstić information content (AvgIpc) is 2.68. The summed E-state index contributed by atoms with van der Waals surface area (Å²) in [5.41, 5.74) is 0.0117. The summed E-state index contributed by atoms with van der Waals surface area (Å²) in [4.78, 5) is 25.7. The van der Waals surface area contributed by atoms with Crippen LogP contribution in [0.2, 0.25) is 0 Å². The molecule has 0 aliphatic carbocycles. The zero-order valence-corrected chi connectivity index (χ0v) is 8.66. The number of hydrogen-bond donors (Lipinski definition) is 0. The van der Waals surface area contributed by atoms with Crippen molar-refractivity contribution in [2.45, 2.75) is 18.4 Å². The summed E-state index contributed by atoms with van der Waals surface area (Å²) in [7, 11) is 0. The molecule has 1 aliphatic heterocycles. The van der Waals surface area contributed by atoms with Gasteiger partial charge in [0.2, 0.25) is 6.04 Å². The number of benzene rings is 1. The Hall–Kier alpha value is -2.04. The number of hydrogen-bond acceptors (Lipinski definition) is 4. The second-order valence-corrected chi connectivity index (χ2v) is 3.79. The maximum absolute atomic E-state index is 11.2. The molecule has 1 aromatic rings. The Morgan fingerprint density at radius 3 is 2.81 bits per heavy atom. The quantitative estimate of drug-likeness (QED) is 0.438. The third-order valence-corrected chi connectivity index (χ3v) is 2.99. The van der Waals surface area contributed by atoms with Crippen molar-refractivity contribution in [1.29, 1.82) is 0 Å². The minimum absolute atomic E-state index is 0.456. The van der Waals surface area contributed by atoms with E-state index in [0.717, 1.165) is 0 Å². The van der Waals surface area contributed by atoms with Crippen LogP contribution in [0.25, 0.3) is 0 Å². The molecule has 0 saturated carbocycles. The van der Waals surface area contributed by atoms with Gasteiger partial charge in [-0.05, 0) is 6.07 Å². The molecule has 0 aromatic heterocycles. The molecule has 2 atom stereocenters. The van der Waals surface area contributed by atoms with Gasteiger partial charge in [0.15, 0.2) is 5.41 Å². The van der Waals surface area contributed by atoms with Crippen LogP contribution in [0.3, 0.4) is 0 Å². The fraction of sp³-hybridized carbons (Fsp3) is 0.273. The summed E-state index contributed by atoms with van der Waals surface area (Å²) < 4.78 is 0. The molecule has 16 heavy (non-hydrogen) atoms. The molecular formula is C11H10N2O3. The lowest BCUT2D eigenvalue weighted by molar-refractivity contribution is -0.523. The van der Waals surface area contributed by atoms with Crippen LogP contribution in [0.15, 0.2) is 29.3 Å². The second-order valence-electron chi connectivity index (χ2n) is 3.79. The van der Waals surface area contributed by atoms with E-state index in [2.05, 4.69) is 4.99 Å². The lowest BCUT2D eigenvalue weighted by Gasteiger charge is -2.21. The van der Waals surface area contributed by atoms with E-state index >= 15 is 0 Å². The first kappa shape index (κ1) is 10.5.